The first-order valence-electron chi connectivity index (χ1n) is 17.6. The topological polar surface area (TPSA) is 95.6 Å². The minimum atomic E-state index is -0.347. The van der Waals surface area contributed by atoms with E-state index in [0.717, 1.165) is 51.3 Å². The van der Waals surface area contributed by atoms with Gasteiger partial charge in [0.2, 0.25) is 5.91 Å². The van der Waals surface area contributed by atoms with Crippen LogP contribution in [0.3, 0.4) is 0 Å². The zero-order valence-corrected chi connectivity index (χ0v) is 30.4. The normalized spacial score (nSPS) is 16.7. The maximum atomic E-state index is 13.5. The number of ether oxygens (including phenoxy) is 5. The van der Waals surface area contributed by atoms with E-state index in [2.05, 4.69) is 17.4 Å². The van der Waals surface area contributed by atoms with Crippen LogP contribution >= 0.6 is 11.6 Å². The number of hydrogen-bond donors (Lipinski definition) is 1. The molecule has 2 bridgehead atoms. The quantitative estimate of drug-likeness (QED) is 0.101. The number of esters is 1. The van der Waals surface area contributed by atoms with Gasteiger partial charge in [0.05, 0.1) is 52.9 Å². The lowest BCUT2D eigenvalue weighted by atomic mass is 9.83. The van der Waals surface area contributed by atoms with E-state index in [1.165, 1.54) is 0 Å². The number of piperazine rings is 1. The Morgan fingerprint density at radius 2 is 1.48 bits per heavy atom. The first kappa shape index (κ1) is 36.9. The van der Waals surface area contributed by atoms with Crippen LogP contribution in [0.2, 0.25) is 5.02 Å². The maximum Gasteiger partial charge on any atom is 0.310 e. The van der Waals surface area contributed by atoms with E-state index in [0.29, 0.717) is 56.5 Å². The molecule has 2 atom stereocenters. The molecule has 2 aliphatic heterocycles. The van der Waals surface area contributed by atoms with Crippen molar-refractivity contribution in [1.29, 1.82) is 0 Å². The summed E-state index contributed by atoms with van der Waals surface area (Å²) in [5, 5.41) is 4.34. The van der Waals surface area contributed by atoms with E-state index in [-0.39, 0.29) is 37.0 Å². The van der Waals surface area contributed by atoms with E-state index >= 15 is 0 Å². The van der Waals surface area contributed by atoms with Gasteiger partial charge in [-0.3, -0.25) is 9.59 Å². The van der Waals surface area contributed by atoms with Crippen LogP contribution in [0.1, 0.15) is 35.1 Å². The predicted molar refractivity (Wildman–Crippen MR) is 201 cm³/mol. The molecule has 0 radical (unpaired) electrons. The summed E-state index contributed by atoms with van der Waals surface area (Å²) in [6, 6.07) is 30.6. The number of hydrogen-bond acceptors (Lipinski definition) is 8. The van der Waals surface area contributed by atoms with Crippen molar-refractivity contribution in [2.45, 2.75) is 44.4 Å². The molecule has 10 heteroatoms. The van der Waals surface area contributed by atoms with Gasteiger partial charge in [0.1, 0.15) is 23.9 Å². The lowest BCUT2D eigenvalue weighted by molar-refractivity contribution is -0.142. The van der Waals surface area contributed by atoms with Gasteiger partial charge < -0.3 is 33.9 Å². The molecule has 52 heavy (non-hydrogen) atoms. The number of rotatable bonds is 16. The number of carbonyl (C=O) groups is 2. The molecule has 0 aliphatic carbocycles. The van der Waals surface area contributed by atoms with Crippen LogP contribution in [0, 0.1) is 0 Å². The van der Waals surface area contributed by atoms with Gasteiger partial charge in [-0.25, -0.2) is 0 Å². The Bertz CT molecular complexity index is 1840. The average molecular weight is 725 g/mol. The van der Waals surface area contributed by atoms with Crippen LogP contribution in [-0.2, 0) is 38.5 Å². The zero-order chi connectivity index (χ0) is 36.3. The predicted octanol–water partition coefficient (Wildman–Crippen LogP) is 6.70. The molecular formula is C42H45ClN2O7. The van der Waals surface area contributed by atoms with Gasteiger partial charge in [-0.15, -0.1) is 0 Å². The molecule has 2 heterocycles. The van der Waals surface area contributed by atoms with Gasteiger partial charge in [-0.2, -0.15) is 0 Å². The van der Waals surface area contributed by atoms with Gasteiger partial charge in [-0.1, -0.05) is 72.3 Å². The zero-order valence-electron chi connectivity index (χ0n) is 29.6. The first-order valence-corrected chi connectivity index (χ1v) is 18.0. The monoisotopic (exact) mass is 724 g/mol. The summed E-state index contributed by atoms with van der Waals surface area (Å²) < 4.78 is 28.6. The van der Waals surface area contributed by atoms with Crippen LogP contribution in [0.25, 0.3) is 5.57 Å². The molecule has 0 unspecified atom stereocenters. The van der Waals surface area contributed by atoms with Crippen LogP contribution in [0.5, 0.6) is 17.2 Å². The van der Waals surface area contributed by atoms with Crippen molar-refractivity contribution >= 4 is 29.1 Å². The van der Waals surface area contributed by atoms with Crippen LogP contribution in [0.4, 0.5) is 0 Å². The largest absolute Gasteiger partial charge is 0.496 e. The fraction of sp³-hybridized carbons (Fsp3) is 0.333. The Hall–Kier alpha value is -4.83. The van der Waals surface area contributed by atoms with E-state index in [1.807, 2.05) is 77.7 Å². The molecule has 4 aromatic carbocycles. The Kier molecular flexibility index (Phi) is 12.8. The van der Waals surface area contributed by atoms with Crippen LogP contribution in [0.15, 0.2) is 103 Å². The second-order valence-electron chi connectivity index (χ2n) is 13.0. The van der Waals surface area contributed by atoms with Crippen molar-refractivity contribution in [3.05, 3.63) is 130 Å². The Labute approximate surface area is 310 Å². The molecular weight excluding hydrogens is 680 g/mol. The lowest BCUT2D eigenvalue weighted by Gasteiger charge is -2.44. The summed E-state index contributed by atoms with van der Waals surface area (Å²) >= 11 is 6.06. The molecule has 1 saturated heterocycles. The summed E-state index contributed by atoms with van der Waals surface area (Å²) in [5.74, 6) is 1.95. The summed E-state index contributed by atoms with van der Waals surface area (Å²) in [5.41, 5.74) is 5.83. The first-order chi connectivity index (χ1) is 25.4. The van der Waals surface area contributed by atoms with Crippen molar-refractivity contribution in [3.63, 3.8) is 0 Å². The summed E-state index contributed by atoms with van der Waals surface area (Å²) in [7, 11) is 3.25. The molecule has 1 fully saturated rings. The molecule has 4 aromatic rings. The molecule has 9 nitrogen and oxygen atoms in total. The Balaban J connectivity index is 1.11. The minimum absolute atomic E-state index is 0.0569. The Morgan fingerprint density at radius 1 is 0.788 bits per heavy atom. The van der Waals surface area contributed by atoms with Crippen molar-refractivity contribution in [1.82, 2.24) is 10.2 Å². The van der Waals surface area contributed by atoms with E-state index in [4.69, 9.17) is 35.3 Å². The fourth-order valence-electron chi connectivity index (χ4n) is 6.78. The highest BCUT2D eigenvalue weighted by Gasteiger charge is 2.37. The summed E-state index contributed by atoms with van der Waals surface area (Å²) in [6.07, 6.45) is 1.82. The second kappa shape index (κ2) is 18.1. The lowest BCUT2D eigenvalue weighted by Crippen LogP contribution is -2.61. The van der Waals surface area contributed by atoms with Gasteiger partial charge in [-0.05, 0) is 65.1 Å². The number of nitrogens with zero attached hydrogens (tertiary/aromatic N) is 1. The van der Waals surface area contributed by atoms with Gasteiger partial charge in [0.25, 0.3) is 0 Å². The molecule has 2 aliphatic rings. The minimum Gasteiger partial charge on any atom is -0.496 e. The molecule has 0 saturated carbocycles. The Morgan fingerprint density at radius 3 is 2.21 bits per heavy atom. The maximum absolute atomic E-state index is 13.5. The van der Waals surface area contributed by atoms with Crippen molar-refractivity contribution in [2.75, 3.05) is 47.1 Å². The van der Waals surface area contributed by atoms with Crippen LogP contribution in [-0.4, -0.2) is 76.0 Å². The number of para-hydroxylation sites is 2. The van der Waals surface area contributed by atoms with E-state index in [1.54, 1.807) is 26.4 Å². The van der Waals surface area contributed by atoms with E-state index in [9.17, 15) is 9.59 Å². The molecule has 0 aromatic heterocycles. The van der Waals surface area contributed by atoms with Crippen molar-refractivity contribution < 1.29 is 33.3 Å². The number of benzene rings is 4. The molecule has 6 rings (SSSR count). The third-order valence-electron chi connectivity index (χ3n) is 9.43. The number of amides is 1. The molecule has 272 valence electrons. The molecule has 1 amide bonds. The highest BCUT2D eigenvalue weighted by Crippen LogP contribution is 2.34. The van der Waals surface area contributed by atoms with Gasteiger partial charge in [0, 0.05) is 41.7 Å². The molecule has 0 spiro atoms. The summed E-state index contributed by atoms with van der Waals surface area (Å²) in [6.45, 7) is 2.75. The average Bonchev–Trinajstić information content (AvgIpc) is 3.17. The SMILES string of the molecule is COc1ccccc1COCCCOc1ccc(C2=C(COC(=O)Cc3ccccc3OC)[C@H]3CN(C(=O)Cc4ccc(Cl)cc4)C[C@@H](C2)N3)cc1. The number of fused-ring (bicyclic) bond motifs is 2. The third kappa shape index (κ3) is 9.73. The van der Waals surface area contributed by atoms with Gasteiger partial charge in [0.15, 0.2) is 0 Å². The van der Waals surface area contributed by atoms with Gasteiger partial charge >= 0.3 is 5.97 Å². The third-order valence-corrected chi connectivity index (χ3v) is 9.68. The summed E-state index contributed by atoms with van der Waals surface area (Å²) in [4.78, 5) is 28.5. The van der Waals surface area contributed by atoms with Crippen molar-refractivity contribution in [3.8, 4) is 17.2 Å². The number of nitrogens with one attached hydrogen (secondary N) is 1. The number of methoxy groups -OCH3 is 2. The number of halogens is 1. The standard InChI is InChI=1S/C42H45ClN2O7/c1-48-39-10-5-3-8-31(39)23-42(47)52-28-37-36(24-34-25-45(26-38(37)44-34)41(46)22-29-12-16-33(43)17-13-29)30-14-18-35(19-15-30)51-21-7-20-50-27-32-9-4-6-11-40(32)49-2/h3-6,8-19,34,38,44H,7,20-28H2,1-2H3/t34-,38-/m1/s1. The highest BCUT2D eigenvalue weighted by atomic mass is 35.5. The highest BCUT2D eigenvalue weighted by molar-refractivity contribution is 6.30. The molecule has 1 N–H and O–H groups in total. The fourth-order valence-corrected chi connectivity index (χ4v) is 6.90. The van der Waals surface area contributed by atoms with E-state index < -0.39 is 0 Å². The number of carbonyl (C=O) groups excluding carboxylic acids is 2. The van der Waals surface area contributed by atoms with Crippen LogP contribution < -0.4 is 19.5 Å². The second-order valence-corrected chi connectivity index (χ2v) is 13.4. The smallest absolute Gasteiger partial charge is 0.310 e. The van der Waals surface area contributed by atoms with Crippen molar-refractivity contribution in [2.24, 2.45) is 0 Å².